The van der Waals surface area contributed by atoms with Gasteiger partial charge in [-0.15, -0.1) is 11.3 Å². The third-order valence-corrected chi connectivity index (χ3v) is 7.65. The van der Waals surface area contributed by atoms with Gasteiger partial charge in [0.2, 0.25) is 5.78 Å². The number of Topliss-reactive ketones (excluding diaryl/α,β-unsaturated/α-hetero) is 1. The summed E-state index contributed by atoms with van der Waals surface area (Å²) in [5, 5.41) is 5.02. The van der Waals surface area contributed by atoms with Crippen LogP contribution in [0.4, 0.5) is 4.79 Å². The molecule has 33 heavy (non-hydrogen) atoms. The highest BCUT2D eigenvalue weighted by Gasteiger charge is 2.55. The molecular formula is C25H29N3O4S. The fourth-order valence-corrected chi connectivity index (χ4v) is 5.70. The van der Waals surface area contributed by atoms with Gasteiger partial charge < -0.3 is 10.2 Å². The van der Waals surface area contributed by atoms with Gasteiger partial charge >= 0.3 is 6.03 Å². The van der Waals surface area contributed by atoms with Gasteiger partial charge in [-0.2, -0.15) is 0 Å². The number of ketones is 1. The van der Waals surface area contributed by atoms with E-state index in [0.29, 0.717) is 50.9 Å². The largest absolute Gasteiger partial charge is 0.336 e. The van der Waals surface area contributed by atoms with Crippen LogP contribution in [0.15, 0.2) is 47.8 Å². The summed E-state index contributed by atoms with van der Waals surface area (Å²) >= 11 is 1.62. The molecule has 2 fully saturated rings. The van der Waals surface area contributed by atoms with Crippen molar-refractivity contribution in [3.8, 4) is 0 Å². The zero-order valence-electron chi connectivity index (χ0n) is 18.8. The van der Waals surface area contributed by atoms with Crippen molar-refractivity contribution < 1.29 is 19.2 Å². The summed E-state index contributed by atoms with van der Waals surface area (Å²) in [6.07, 6.45) is 3.11. The number of piperidine rings is 1. The van der Waals surface area contributed by atoms with E-state index < -0.39 is 17.2 Å². The van der Waals surface area contributed by atoms with E-state index in [2.05, 4.69) is 5.32 Å². The van der Waals surface area contributed by atoms with Crippen molar-refractivity contribution >= 4 is 35.0 Å². The Morgan fingerprint density at radius 2 is 1.82 bits per heavy atom. The number of rotatable bonds is 8. The van der Waals surface area contributed by atoms with Gasteiger partial charge in [0, 0.05) is 30.1 Å². The highest BCUT2D eigenvalue weighted by atomic mass is 32.1. The van der Waals surface area contributed by atoms with Gasteiger partial charge in [-0.1, -0.05) is 49.7 Å². The van der Waals surface area contributed by atoms with E-state index in [9.17, 15) is 19.2 Å². The Bertz CT molecular complexity index is 1020. The molecule has 1 unspecified atom stereocenters. The van der Waals surface area contributed by atoms with E-state index in [1.165, 1.54) is 4.90 Å². The molecule has 3 heterocycles. The monoisotopic (exact) mass is 467 g/mol. The first-order valence-electron chi connectivity index (χ1n) is 11.5. The Morgan fingerprint density at radius 1 is 1.09 bits per heavy atom. The first-order valence-corrected chi connectivity index (χ1v) is 12.4. The van der Waals surface area contributed by atoms with E-state index in [4.69, 9.17) is 0 Å². The van der Waals surface area contributed by atoms with Crippen LogP contribution in [0.25, 0.3) is 0 Å². The molecule has 2 aliphatic rings. The number of hydrogen-bond acceptors (Lipinski definition) is 5. The van der Waals surface area contributed by atoms with Gasteiger partial charge in [-0.3, -0.25) is 19.3 Å². The Labute approximate surface area is 197 Å². The minimum Gasteiger partial charge on any atom is -0.336 e. The lowest BCUT2D eigenvalue weighted by molar-refractivity contribution is -0.135. The number of thiophene rings is 1. The maximum absolute atomic E-state index is 13.5. The van der Waals surface area contributed by atoms with Crippen LogP contribution >= 0.6 is 11.3 Å². The van der Waals surface area contributed by atoms with Gasteiger partial charge in [0.15, 0.2) is 0 Å². The van der Waals surface area contributed by atoms with Crippen molar-refractivity contribution in [1.29, 1.82) is 0 Å². The van der Waals surface area contributed by atoms with Crippen LogP contribution in [0, 0.1) is 5.92 Å². The van der Waals surface area contributed by atoms with Crippen molar-refractivity contribution in [3.63, 3.8) is 0 Å². The summed E-state index contributed by atoms with van der Waals surface area (Å²) in [7, 11) is 0. The molecule has 2 aromatic rings. The third kappa shape index (κ3) is 4.57. The van der Waals surface area contributed by atoms with Crippen LogP contribution in [0.2, 0.25) is 0 Å². The van der Waals surface area contributed by atoms with E-state index in [1.54, 1.807) is 46.6 Å². The Balaban J connectivity index is 1.42. The number of urea groups is 1. The molecule has 8 heteroatoms. The minimum absolute atomic E-state index is 0.0727. The summed E-state index contributed by atoms with van der Waals surface area (Å²) < 4.78 is 0. The zero-order chi connectivity index (χ0) is 23.4. The number of imide groups is 1. The highest BCUT2D eigenvalue weighted by molar-refractivity contribution is 7.09. The molecule has 1 aromatic carbocycles. The summed E-state index contributed by atoms with van der Waals surface area (Å²) in [5.74, 6) is -1.25. The highest BCUT2D eigenvalue weighted by Crippen LogP contribution is 2.37. The molecule has 0 radical (unpaired) electrons. The second-order valence-corrected chi connectivity index (χ2v) is 9.73. The van der Waals surface area contributed by atoms with Crippen LogP contribution in [0.1, 0.15) is 47.8 Å². The summed E-state index contributed by atoms with van der Waals surface area (Å²) in [4.78, 5) is 55.6. The lowest BCUT2D eigenvalue weighted by Crippen LogP contribution is -2.57. The maximum Gasteiger partial charge on any atom is 0.325 e. The van der Waals surface area contributed by atoms with E-state index >= 15 is 0 Å². The predicted molar refractivity (Wildman–Crippen MR) is 126 cm³/mol. The fourth-order valence-electron chi connectivity index (χ4n) is 5.00. The number of benzene rings is 1. The van der Waals surface area contributed by atoms with Crippen molar-refractivity contribution in [2.24, 2.45) is 5.92 Å². The number of hydrogen-bond donors (Lipinski definition) is 1. The molecule has 2 aliphatic heterocycles. The molecule has 4 amide bonds. The smallest absolute Gasteiger partial charge is 0.325 e. The summed E-state index contributed by atoms with van der Waals surface area (Å²) in [5.41, 5.74) is -0.549. The molecule has 174 valence electrons. The Hall–Kier alpha value is -3.00. The molecule has 0 spiro atoms. The summed E-state index contributed by atoms with van der Waals surface area (Å²) in [6, 6.07) is 12.2. The van der Waals surface area contributed by atoms with Gasteiger partial charge in [0.05, 0.1) is 0 Å². The lowest BCUT2D eigenvalue weighted by atomic mass is 9.74. The third-order valence-electron chi connectivity index (χ3n) is 6.72. The van der Waals surface area contributed by atoms with Gasteiger partial charge in [0.25, 0.3) is 11.8 Å². The topological polar surface area (TPSA) is 86.8 Å². The maximum atomic E-state index is 13.5. The minimum atomic E-state index is -0.931. The summed E-state index contributed by atoms with van der Waals surface area (Å²) in [6.45, 7) is 3.16. The van der Waals surface area contributed by atoms with E-state index in [0.717, 1.165) is 11.3 Å². The SMILES string of the molecule is CCCC1(C2CCN(C(=O)C(=O)c3ccccc3)CC2)NC(=O)N(CCc2cccs2)C1=O. The number of carbonyl (C=O) groups excluding carboxylic acids is 4. The van der Waals surface area contributed by atoms with Gasteiger partial charge in [-0.25, -0.2) is 4.79 Å². The van der Waals surface area contributed by atoms with Crippen LogP contribution in [-0.2, 0) is 16.0 Å². The molecule has 2 saturated heterocycles. The van der Waals surface area contributed by atoms with E-state index in [-0.39, 0.29) is 17.9 Å². The number of nitrogens with one attached hydrogen (secondary N) is 1. The molecule has 1 atom stereocenters. The van der Waals surface area contributed by atoms with E-state index in [1.807, 2.05) is 24.4 Å². The number of nitrogens with zero attached hydrogens (tertiary/aromatic N) is 2. The van der Waals surface area contributed by atoms with Crippen molar-refractivity contribution in [1.82, 2.24) is 15.1 Å². The fraction of sp³-hybridized carbons (Fsp3) is 0.440. The molecule has 1 aromatic heterocycles. The second-order valence-electron chi connectivity index (χ2n) is 8.70. The molecule has 0 aliphatic carbocycles. The van der Waals surface area contributed by atoms with Crippen molar-refractivity contribution in [2.75, 3.05) is 19.6 Å². The molecule has 0 saturated carbocycles. The normalized spacial score (nSPS) is 21.4. The van der Waals surface area contributed by atoms with Crippen LogP contribution in [0.5, 0.6) is 0 Å². The lowest BCUT2D eigenvalue weighted by Gasteiger charge is -2.40. The van der Waals surface area contributed by atoms with Crippen LogP contribution in [0.3, 0.4) is 0 Å². The standard InChI is InChI=1S/C25H29N3O4S/c1-2-13-25(23(31)28(24(32)26-25)16-12-20-9-6-17-33-20)19-10-14-27(15-11-19)22(30)21(29)18-7-4-3-5-8-18/h3-9,17,19H,2,10-16H2,1H3,(H,26,32). The van der Waals surface area contributed by atoms with Crippen LogP contribution in [-0.4, -0.2) is 58.6 Å². The molecule has 0 bridgehead atoms. The molecule has 1 N–H and O–H groups in total. The molecule has 4 rings (SSSR count). The van der Waals surface area contributed by atoms with Crippen molar-refractivity contribution in [3.05, 3.63) is 58.3 Å². The van der Waals surface area contributed by atoms with Gasteiger partial charge in [0.1, 0.15) is 5.54 Å². The average molecular weight is 468 g/mol. The van der Waals surface area contributed by atoms with Crippen LogP contribution < -0.4 is 5.32 Å². The number of likely N-dealkylation sites (tertiary alicyclic amines) is 1. The first-order chi connectivity index (χ1) is 16.0. The molecular weight excluding hydrogens is 438 g/mol. The van der Waals surface area contributed by atoms with Gasteiger partial charge in [-0.05, 0) is 43.0 Å². The Morgan fingerprint density at radius 3 is 2.45 bits per heavy atom. The molecule has 7 nitrogen and oxygen atoms in total. The first kappa shape index (κ1) is 23.2. The number of amides is 4. The zero-order valence-corrected chi connectivity index (χ0v) is 19.6. The number of carbonyl (C=O) groups is 4. The van der Waals surface area contributed by atoms with Crippen molar-refractivity contribution in [2.45, 2.75) is 44.6 Å². The average Bonchev–Trinajstić information content (AvgIpc) is 3.44. The predicted octanol–water partition coefficient (Wildman–Crippen LogP) is 3.50. The second kappa shape index (κ2) is 9.87. The quantitative estimate of drug-likeness (QED) is 0.366. The Kier molecular flexibility index (Phi) is 6.93.